The van der Waals surface area contributed by atoms with E-state index >= 15 is 0 Å². The smallest absolute Gasteiger partial charge is 0.278 e. The average molecular weight is 440 g/mol. The van der Waals surface area contributed by atoms with Crippen LogP contribution in [0.15, 0.2) is 78.6 Å². The number of nitrogens with zero attached hydrogens (tertiary/aromatic N) is 3. The summed E-state index contributed by atoms with van der Waals surface area (Å²) in [7, 11) is 0. The number of imide groups is 1. The molecule has 0 atom stereocenters. The number of hydrogen-bond acceptors (Lipinski definition) is 5. The van der Waals surface area contributed by atoms with Gasteiger partial charge in [0.1, 0.15) is 11.4 Å². The van der Waals surface area contributed by atoms with Crippen molar-refractivity contribution in [3.63, 3.8) is 0 Å². The zero-order chi connectivity index (χ0) is 22.8. The van der Waals surface area contributed by atoms with Gasteiger partial charge in [-0.3, -0.25) is 19.5 Å². The van der Waals surface area contributed by atoms with Crippen LogP contribution in [0.2, 0.25) is 0 Å². The van der Waals surface area contributed by atoms with Crippen molar-refractivity contribution >= 4 is 23.1 Å². The van der Waals surface area contributed by atoms with Crippen LogP contribution in [-0.2, 0) is 22.6 Å². The van der Waals surface area contributed by atoms with E-state index in [0.29, 0.717) is 35.7 Å². The largest absolute Gasteiger partial charge is 0.494 e. The number of para-hydroxylation sites is 1. The van der Waals surface area contributed by atoms with E-state index in [4.69, 9.17) is 4.74 Å². The van der Waals surface area contributed by atoms with Gasteiger partial charge in [-0.25, -0.2) is 0 Å². The number of ether oxygens (including phenoxy) is 1. The molecule has 0 bridgehead atoms. The Kier molecular flexibility index (Phi) is 5.65. The van der Waals surface area contributed by atoms with Crippen LogP contribution < -0.4 is 9.64 Å². The molecule has 0 spiro atoms. The number of aryl methyl sites for hydroxylation is 1. The molecular formula is C27H25N3O3. The average Bonchev–Trinajstić information content (AvgIpc) is 3.10. The van der Waals surface area contributed by atoms with Crippen molar-refractivity contribution in [2.45, 2.75) is 26.3 Å². The number of carbonyl (C=O) groups excluding carboxylic acids is 2. The fraction of sp³-hybridized carbons (Fsp3) is 0.222. The molecule has 5 rings (SSSR count). The highest BCUT2D eigenvalue weighted by atomic mass is 16.5. The molecule has 0 radical (unpaired) electrons. The van der Waals surface area contributed by atoms with E-state index in [1.54, 1.807) is 6.20 Å². The lowest BCUT2D eigenvalue weighted by molar-refractivity contribution is -0.137. The molecule has 6 nitrogen and oxygen atoms in total. The summed E-state index contributed by atoms with van der Waals surface area (Å²) in [5, 5.41) is 0. The molecule has 0 saturated heterocycles. The third kappa shape index (κ3) is 3.89. The molecule has 0 saturated carbocycles. The molecule has 2 aliphatic rings. The van der Waals surface area contributed by atoms with Gasteiger partial charge >= 0.3 is 0 Å². The number of anilines is 1. The zero-order valence-electron chi connectivity index (χ0n) is 18.5. The second-order valence-electron chi connectivity index (χ2n) is 8.08. The highest BCUT2D eigenvalue weighted by molar-refractivity contribution is 6.36. The van der Waals surface area contributed by atoms with E-state index in [0.717, 1.165) is 24.3 Å². The first-order valence-electron chi connectivity index (χ1n) is 11.3. The van der Waals surface area contributed by atoms with E-state index in [9.17, 15) is 9.59 Å². The summed E-state index contributed by atoms with van der Waals surface area (Å²) in [6.45, 7) is 3.31. The predicted octanol–water partition coefficient (Wildman–Crippen LogP) is 4.21. The van der Waals surface area contributed by atoms with E-state index < -0.39 is 0 Å². The molecule has 3 heterocycles. The molecule has 0 aliphatic carbocycles. The zero-order valence-corrected chi connectivity index (χ0v) is 18.5. The summed E-state index contributed by atoms with van der Waals surface area (Å²) in [5.41, 5.74) is 4.42. The standard InChI is InChI=1S/C27H25N3O3/c1-2-33-22-14-12-20(13-15-22)24-25(29-17-7-9-19-8-3-4-11-23(19)29)27(32)30(26(24)31)18-21-10-5-6-16-28-21/h3-6,8,10-16H,2,7,9,17-18H2,1H3. The van der Waals surface area contributed by atoms with Gasteiger partial charge in [0.2, 0.25) is 0 Å². The van der Waals surface area contributed by atoms with Crippen LogP contribution >= 0.6 is 0 Å². The van der Waals surface area contributed by atoms with Gasteiger partial charge in [-0.1, -0.05) is 36.4 Å². The van der Waals surface area contributed by atoms with E-state index in [1.807, 2.05) is 72.5 Å². The maximum absolute atomic E-state index is 13.7. The molecule has 2 aliphatic heterocycles. The summed E-state index contributed by atoms with van der Waals surface area (Å²) in [4.78, 5) is 35.0. The lowest BCUT2D eigenvalue weighted by Crippen LogP contribution is -2.37. The topological polar surface area (TPSA) is 62.7 Å². The van der Waals surface area contributed by atoms with Gasteiger partial charge in [0.15, 0.2) is 0 Å². The molecule has 2 aromatic carbocycles. The van der Waals surface area contributed by atoms with Crippen LogP contribution in [0.1, 0.15) is 30.2 Å². The Labute approximate surface area is 193 Å². The quantitative estimate of drug-likeness (QED) is 0.539. The van der Waals surface area contributed by atoms with Gasteiger partial charge in [-0.15, -0.1) is 0 Å². The Morgan fingerprint density at radius 3 is 2.48 bits per heavy atom. The van der Waals surface area contributed by atoms with Crippen molar-refractivity contribution in [2.75, 3.05) is 18.1 Å². The Bertz CT molecular complexity index is 1220. The van der Waals surface area contributed by atoms with E-state index in [2.05, 4.69) is 11.1 Å². The fourth-order valence-corrected chi connectivity index (χ4v) is 4.52. The number of benzene rings is 2. The minimum Gasteiger partial charge on any atom is -0.494 e. The van der Waals surface area contributed by atoms with Crippen LogP contribution in [0.4, 0.5) is 5.69 Å². The van der Waals surface area contributed by atoms with Crippen molar-refractivity contribution in [3.8, 4) is 5.75 Å². The summed E-state index contributed by atoms with van der Waals surface area (Å²) < 4.78 is 5.56. The number of carbonyl (C=O) groups is 2. The van der Waals surface area contributed by atoms with Crippen LogP contribution in [0.3, 0.4) is 0 Å². The summed E-state index contributed by atoms with van der Waals surface area (Å²) in [5.74, 6) is 0.146. The highest BCUT2D eigenvalue weighted by Gasteiger charge is 2.42. The van der Waals surface area contributed by atoms with Gasteiger partial charge < -0.3 is 9.64 Å². The first kappa shape index (κ1) is 20.9. The Hall–Kier alpha value is -3.93. The van der Waals surface area contributed by atoms with Crippen LogP contribution in [0, 0.1) is 0 Å². The first-order chi connectivity index (χ1) is 16.2. The molecule has 1 aromatic heterocycles. The van der Waals surface area contributed by atoms with Crippen LogP contribution in [0.5, 0.6) is 5.75 Å². The maximum Gasteiger partial charge on any atom is 0.278 e. The third-order valence-electron chi connectivity index (χ3n) is 6.02. The van der Waals surface area contributed by atoms with E-state index in [1.165, 1.54) is 10.5 Å². The number of amides is 2. The minimum absolute atomic E-state index is 0.137. The van der Waals surface area contributed by atoms with Gasteiger partial charge in [0.25, 0.3) is 11.8 Å². The normalized spacial score (nSPS) is 15.8. The van der Waals surface area contributed by atoms with Gasteiger partial charge in [-0.2, -0.15) is 0 Å². The Morgan fingerprint density at radius 2 is 1.73 bits per heavy atom. The van der Waals surface area contributed by atoms with Crippen LogP contribution in [0.25, 0.3) is 5.57 Å². The van der Waals surface area contributed by atoms with Crippen molar-refractivity contribution < 1.29 is 14.3 Å². The maximum atomic E-state index is 13.7. The molecule has 3 aromatic rings. The summed E-state index contributed by atoms with van der Waals surface area (Å²) in [6, 6.07) is 21.0. The molecule has 0 fully saturated rings. The summed E-state index contributed by atoms with van der Waals surface area (Å²) >= 11 is 0. The van der Waals surface area contributed by atoms with Crippen LogP contribution in [-0.4, -0.2) is 34.8 Å². The Balaban J connectivity index is 1.60. The van der Waals surface area contributed by atoms with Crippen molar-refractivity contribution in [3.05, 3.63) is 95.4 Å². The predicted molar refractivity (Wildman–Crippen MR) is 126 cm³/mol. The Morgan fingerprint density at radius 1 is 0.939 bits per heavy atom. The number of rotatable bonds is 6. The highest BCUT2D eigenvalue weighted by Crippen LogP contribution is 2.38. The first-order valence-corrected chi connectivity index (χ1v) is 11.3. The number of pyridine rings is 1. The van der Waals surface area contributed by atoms with Crippen molar-refractivity contribution in [1.29, 1.82) is 0 Å². The number of aromatic nitrogens is 1. The van der Waals surface area contributed by atoms with E-state index in [-0.39, 0.29) is 18.4 Å². The molecule has 2 amide bonds. The van der Waals surface area contributed by atoms with Gasteiger partial charge in [-0.05, 0) is 61.2 Å². The fourth-order valence-electron chi connectivity index (χ4n) is 4.52. The molecule has 0 N–H and O–H groups in total. The van der Waals surface area contributed by atoms with Gasteiger partial charge in [0, 0.05) is 18.4 Å². The number of fused-ring (bicyclic) bond motifs is 1. The van der Waals surface area contributed by atoms with Crippen molar-refractivity contribution in [1.82, 2.24) is 9.88 Å². The SMILES string of the molecule is CCOc1ccc(C2=C(N3CCCc4ccccc43)C(=O)N(Cc3ccccn3)C2=O)cc1. The molecule has 33 heavy (non-hydrogen) atoms. The molecule has 166 valence electrons. The second kappa shape index (κ2) is 8.90. The molecule has 6 heteroatoms. The molecular weight excluding hydrogens is 414 g/mol. The minimum atomic E-state index is -0.298. The summed E-state index contributed by atoms with van der Waals surface area (Å²) in [6.07, 6.45) is 3.54. The van der Waals surface area contributed by atoms with Gasteiger partial charge in [0.05, 0.1) is 24.4 Å². The monoisotopic (exact) mass is 439 g/mol. The number of hydrogen-bond donors (Lipinski definition) is 0. The lowest BCUT2D eigenvalue weighted by atomic mass is 9.98. The lowest BCUT2D eigenvalue weighted by Gasteiger charge is -2.32. The second-order valence-corrected chi connectivity index (χ2v) is 8.08. The third-order valence-corrected chi connectivity index (χ3v) is 6.02. The van der Waals surface area contributed by atoms with Crippen molar-refractivity contribution in [2.24, 2.45) is 0 Å². The molecule has 0 unspecified atom stereocenters.